The van der Waals surface area contributed by atoms with Crippen LogP contribution in [0.3, 0.4) is 0 Å². The van der Waals surface area contributed by atoms with E-state index in [2.05, 4.69) is 4.98 Å². The minimum absolute atomic E-state index is 0.137. The van der Waals surface area contributed by atoms with E-state index in [1.165, 1.54) is 0 Å². The summed E-state index contributed by atoms with van der Waals surface area (Å²) < 4.78 is 0. The Hall–Kier alpha value is -1.36. The molecule has 1 aromatic carbocycles. The summed E-state index contributed by atoms with van der Waals surface area (Å²) in [5.74, 6) is -0.137. The van der Waals surface area contributed by atoms with Crippen LogP contribution < -0.4 is 5.73 Å². The van der Waals surface area contributed by atoms with Crippen molar-refractivity contribution in [3.05, 3.63) is 59.9 Å². The van der Waals surface area contributed by atoms with Crippen molar-refractivity contribution in [2.45, 2.75) is 16.9 Å². The van der Waals surface area contributed by atoms with Crippen LogP contribution in [0.2, 0.25) is 0 Å². The number of aromatic nitrogens is 1. The quantitative estimate of drug-likeness (QED) is 0.823. The summed E-state index contributed by atoms with van der Waals surface area (Å²) in [4.78, 5) is 5.18. The standard InChI is InChI=1S/C15H18N2OS/c1-19-14-7-3-2-6-12(14)15(18)13(9-16)11-5-4-8-17-10-11/h2-8,10,13,15,18H,9,16H2,1H3. The molecule has 3 N–H and O–H groups in total. The number of nitrogens with zero attached hydrogens (tertiary/aromatic N) is 1. The van der Waals surface area contributed by atoms with Crippen LogP contribution >= 0.6 is 11.8 Å². The molecule has 100 valence electrons. The van der Waals surface area contributed by atoms with Gasteiger partial charge in [-0.25, -0.2) is 0 Å². The maximum Gasteiger partial charge on any atom is 0.0882 e. The molecule has 1 heterocycles. The van der Waals surface area contributed by atoms with E-state index in [0.29, 0.717) is 6.54 Å². The van der Waals surface area contributed by atoms with Gasteiger partial charge in [0.2, 0.25) is 0 Å². The van der Waals surface area contributed by atoms with E-state index in [1.54, 1.807) is 24.2 Å². The van der Waals surface area contributed by atoms with Crippen LogP contribution in [-0.4, -0.2) is 22.9 Å². The minimum Gasteiger partial charge on any atom is -0.388 e. The number of aliphatic hydroxyl groups excluding tert-OH is 1. The van der Waals surface area contributed by atoms with Crippen LogP contribution in [-0.2, 0) is 0 Å². The molecule has 3 nitrogen and oxygen atoms in total. The predicted molar refractivity (Wildman–Crippen MR) is 79.2 cm³/mol. The molecule has 0 saturated heterocycles. The second-order valence-electron chi connectivity index (χ2n) is 4.32. The van der Waals surface area contributed by atoms with Gasteiger partial charge in [-0.05, 0) is 29.5 Å². The minimum atomic E-state index is -0.613. The molecule has 4 heteroatoms. The molecule has 0 fully saturated rings. The smallest absolute Gasteiger partial charge is 0.0882 e. The first-order chi connectivity index (χ1) is 9.27. The Bertz CT molecular complexity index is 519. The van der Waals surface area contributed by atoms with Gasteiger partial charge in [0.1, 0.15) is 0 Å². The van der Waals surface area contributed by atoms with E-state index in [0.717, 1.165) is 16.0 Å². The fourth-order valence-corrected chi connectivity index (χ4v) is 2.81. The third kappa shape index (κ3) is 3.15. The van der Waals surface area contributed by atoms with Crippen LogP contribution in [0.25, 0.3) is 0 Å². The summed E-state index contributed by atoms with van der Waals surface area (Å²) in [5.41, 5.74) is 7.73. The first-order valence-electron chi connectivity index (χ1n) is 6.19. The first-order valence-corrected chi connectivity index (χ1v) is 7.41. The lowest BCUT2D eigenvalue weighted by atomic mass is 9.90. The van der Waals surface area contributed by atoms with Crippen molar-refractivity contribution in [1.82, 2.24) is 4.98 Å². The van der Waals surface area contributed by atoms with Crippen LogP contribution in [0, 0.1) is 0 Å². The first kappa shape index (κ1) is 14.1. The molecule has 2 unspecified atom stereocenters. The maximum atomic E-state index is 10.6. The van der Waals surface area contributed by atoms with Gasteiger partial charge in [-0.1, -0.05) is 24.3 Å². The highest BCUT2D eigenvalue weighted by Gasteiger charge is 2.23. The molecule has 19 heavy (non-hydrogen) atoms. The van der Waals surface area contributed by atoms with Crippen molar-refractivity contribution in [2.24, 2.45) is 5.73 Å². The Morgan fingerprint density at radius 2 is 2.05 bits per heavy atom. The molecule has 0 spiro atoms. The van der Waals surface area contributed by atoms with Gasteiger partial charge in [0.25, 0.3) is 0 Å². The Morgan fingerprint density at radius 1 is 1.26 bits per heavy atom. The largest absolute Gasteiger partial charge is 0.388 e. The van der Waals surface area contributed by atoms with Crippen molar-refractivity contribution in [1.29, 1.82) is 0 Å². The molecule has 2 rings (SSSR count). The van der Waals surface area contributed by atoms with Gasteiger partial charge in [0.15, 0.2) is 0 Å². The number of hydrogen-bond donors (Lipinski definition) is 2. The molecule has 0 aliphatic rings. The number of nitrogens with two attached hydrogens (primary N) is 1. The van der Waals surface area contributed by atoms with Crippen molar-refractivity contribution < 1.29 is 5.11 Å². The van der Waals surface area contributed by atoms with Gasteiger partial charge in [0.05, 0.1) is 6.10 Å². The number of hydrogen-bond acceptors (Lipinski definition) is 4. The Labute approximate surface area is 117 Å². The van der Waals surface area contributed by atoms with E-state index in [4.69, 9.17) is 5.73 Å². The van der Waals surface area contributed by atoms with Crippen LogP contribution in [0.5, 0.6) is 0 Å². The van der Waals surface area contributed by atoms with Crippen molar-refractivity contribution in [3.63, 3.8) is 0 Å². The zero-order valence-corrected chi connectivity index (χ0v) is 11.7. The molecule has 0 aliphatic heterocycles. The highest BCUT2D eigenvalue weighted by Crippen LogP contribution is 2.34. The summed E-state index contributed by atoms with van der Waals surface area (Å²) in [7, 11) is 0. The molecule has 2 aromatic rings. The number of aliphatic hydroxyl groups is 1. The molecule has 0 bridgehead atoms. The third-order valence-electron chi connectivity index (χ3n) is 3.21. The summed E-state index contributed by atoms with van der Waals surface area (Å²) in [6, 6.07) is 11.7. The Kier molecular flexibility index (Phi) is 4.96. The lowest BCUT2D eigenvalue weighted by Gasteiger charge is -2.23. The average molecular weight is 274 g/mol. The zero-order valence-electron chi connectivity index (χ0n) is 10.9. The summed E-state index contributed by atoms with van der Waals surface area (Å²) in [5, 5.41) is 10.6. The van der Waals surface area contributed by atoms with E-state index in [9.17, 15) is 5.11 Å². The zero-order chi connectivity index (χ0) is 13.7. The summed E-state index contributed by atoms with van der Waals surface area (Å²) >= 11 is 1.63. The van der Waals surface area contributed by atoms with E-state index < -0.39 is 6.10 Å². The number of thioether (sulfide) groups is 1. The van der Waals surface area contributed by atoms with Gasteiger partial charge in [-0.15, -0.1) is 11.8 Å². The second kappa shape index (κ2) is 6.70. The lowest BCUT2D eigenvalue weighted by Crippen LogP contribution is -2.20. The fourth-order valence-electron chi connectivity index (χ4n) is 2.17. The average Bonchev–Trinajstić information content (AvgIpc) is 2.49. The van der Waals surface area contributed by atoms with Gasteiger partial charge in [-0.3, -0.25) is 4.98 Å². The molecular weight excluding hydrogens is 256 g/mol. The molecule has 1 aromatic heterocycles. The van der Waals surface area contributed by atoms with Crippen molar-refractivity contribution in [3.8, 4) is 0 Å². The van der Waals surface area contributed by atoms with Crippen LogP contribution in [0.4, 0.5) is 0 Å². The molecule has 2 atom stereocenters. The predicted octanol–water partition coefficient (Wildman–Crippen LogP) is 2.58. The topological polar surface area (TPSA) is 59.1 Å². The Morgan fingerprint density at radius 3 is 2.68 bits per heavy atom. The molecule has 0 radical (unpaired) electrons. The van der Waals surface area contributed by atoms with E-state index in [-0.39, 0.29) is 5.92 Å². The van der Waals surface area contributed by atoms with Gasteiger partial charge in [-0.2, -0.15) is 0 Å². The van der Waals surface area contributed by atoms with Gasteiger partial charge >= 0.3 is 0 Å². The molecule has 0 saturated carbocycles. The molecule has 0 amide bonds. The third-order valence-corrected chi connectivity index (χ3v) is 4.02. The summed E-state index contributed by atoms with van der Waals surface area (Å²) in [6.45, 7) is 0.384. The number of rotatable bonds is 5. The highest BCUT2D eigenvalue weighted by molar-refractivity contribution is 7.98. The molecular formula is C15H18N2OS. The van der Waals surface area contributed by atoms with E-state index in [1.807, 2.05) is 42.7 Å². The Balaban J connectivity index is 2.33. The second-order valence-corrected chi connectivity index (χ2v) is 5.16. The number of pyridine rings is 1. The van der Waals surface area contributed by atoms with E-state index >= 15 is 0 Å². The maximum absolute atomic E-state index is 10.6. The SMILES string of the molecule is CSc1ccccc1C(O)C(CN)c1cccnc1. The van der Waals surface area contributed by atoms with Crippen molar-refractivity contribution >= 4 is 11.8 Å². The number of benzene rings is 1. The van der Waals surface area contributed by atoms with Gasteiger partial charge in [0, 0.05) is 29.8 Å². The van der Waals surface area contributed by atoms with Crippen LogP contribution in [0.1, 0.15) is 23.1 Å². The lowest BCUT2D eigenvalue weighted by molar-refractivity contribution is 0.144. The van der Waals surface area contributed by atoms with Crippen LogP contribution in [0.15, 0.2) is 53.7 Å². The monoisotopic (exact) mass is 274 g/mol. The summed E-state index contributed by atoms with van der Waals surface area (Å²) in [6.07, 6.45) is 4.88. The van der Waals surface area contributed by atoms with Crippen molar-refractivity contribution in [2.75, 3.05) is 12.8 Å². The highest BCUT2D eigenvalue weighted by atomic mass is 32.2. The van der Waals surface area contributed by atoms with Gasteiger partial charge < -0.3 is 10.8 Å². The normalized spacial score (nSPS) is 14.1. The molecule has 0 aliphatic carbocycles. The fraction of sp³-hybridized carbons (Fsp3) is 0.267.